The van der Waals surface area contributed by atoms with E-state index >= 15 is 0 Å². The van der Waals surface area contributed by atoms with Gasteiger partial charge in [0.25, 0.3) is 5.91 Å². The second-order valence-corrected chi connectivity index (χ2v) is 7.56. The molecule has 0 aliphatic carbocycles. The Hall–Kier alpha value is -3.18. The lowest BCUT2D eigenvalue weighted by molar-refractivity contribution is -0.127. The van der Waals surface area contributed by atoms with E-state index in [-0.39, 0.29) is 5.91 Å². The number of hydrogen-bond donors (Lipinski definition) is 1. The fourth-order valence-corrected chi connectivity index (χ4v) is 3.82. The number of fused-ring (bicyclic) bond motifs is 1. The second-order valence-electron chi connectivity index (χ2n) is 6.44. The molecule has 5 heteroatoms. The SMILES string of the molecule is CC(Oc1ccc(-c2ccccc2)cc1)C(=O)NCc1nc2ccccc2s1. The topological polar surface area (TPSA) is 51.2 Å². The molecule has 0 bridgehead atoms. The minimum atomic E-state index is -0.586. The molecule has 1 unspecified atom stereocenters. The summed E-state index contributed by atoms with van der Waals surface area (Å²) in [7, 11) is 0. The Labute approximate surface area is 167 Å². The number of amides is 1. The zero-order valence-corrected chi connectivity index (χ0v) is 16.3. The molecular weight excluding hydrogens is 368 g/mol. The largest absolute Gasteiger partial charge is 0.481 e. The van der Waals surface area contributed by atoms with E-state index in [1.165, 1.54) is 0 Å². The van der Waals surface area contributed by atoms with Gasteiger partial charge in [0.2, 0.25) is 0 Å². The number of aromatic nitrogens is 1. The van der Waals surface area contributed by atoms with E-state index in [1.54, 1.807) is 18.3 Å². The third-order valence-corrected chi connectivity index (χ3v) is 5.43. The molecule has 0 aliphatic heterocycles. The lowest BCUT2D eigenvalue weighted by Crippen LogP contribution is -2.35. The Morgan fingerprint density at radius 3 is 2.39 bits per heavy atom. The van der Waals surface area contributed by atoms with Crippen molar-refractivity contribution < 1.29 is 9.53 Å². The molecule has 4 rings (SSSR count). The number of ether oxygens (including phenoxy) is 1. The molecular formula is C23H20N2O2S. The van der Waals surface area contributed by atoms with Crippen LogP contribution in [0.2, 0.25) is 0 Å². The normalized spacial score (nSPS) is 11.9. The van der Waals surface area contributed by atoms with Gasteiger partial charge in [-0.15, -0.1) is 11.3 Å². The zero-order chi connectivity index (χ0) is 19.3. The summed E-state index contributed by atoms with van der Waals surface area (Å²) in [6, 6.07) is 25.9. The van der Waals surface area contributed by atoms with E-state index in [2.05, 4.69) is 22.4 Å². The maximum absolute atomic E-state index is 12.4. The van der Waals surface area contributed by atoms with Crippen LogP contribution in [0, 0.1) is 0 Å². The van der Waals surface area contributed by atoms with Crippen molar-refractivity contribution in [2.45, 2.75) is 19.6 Å². The predicted octanol–water partition coefficient (Wildman–Crippen LogP) is 5.05. The van der Waals surface area contributed by atoms with E-state index < -0.39 is 6.10 Å². The van der Waals surface area contributed by atoms with Gasteiger partial charge in [-0.25, -0.2) is 4.98 Å². The van der Waals surface area contributed by atoms with Crippen molar-refractivity contribution in [3.05, 3.63) is 83.9 Å². The average molecular weight is 388 g/mol. The summed E-state index contributed by atoms with van der Waals surface area (Å²) in [5, 5.41) is 3.78. The lowest BCUT2D eigenvalue weighted by atomic mass is 10.1. The number of nitrogens with one attached hydrogen (secondary N) is 1. The Balaban J connectivity index is 1.33. The molecule has 0 spiro atoms. The van der Waals surface area contributed by atoms with Crippen molar-refractivity contribution in [2.75, 3.05) is 0 Å². The molecule has 4 aromatic rings. The van der Waals surface area contributed by atoms with Gasteiger partial charge >= 0.3 is 0 Å². The minimum Gasteiger partial charge on any atom is -0.481 e. The fourth-order valence-electron chi connectivity index (χ4n) is 2.92. The highest BCUT2D eigenvalue weighted by atomic mass is 32.1. The maximum Gasteiger partial charge on any atom is 0.261 e. The molecule has 3 aromatic carbocycles. The van der Waals surface area contributed by atoms with Gasteiger partial charge in [0, 0.05) is 0 Å². The Bertz CT molecular complexity index is 1040. The number of para-hydroxylation sites is 1. The summed E-state index contributed by atoms with van der Waals surface area (Å²) >= 11 is 1.59. The number of rotatable bonds is 6. The molecule has 4 nitrogen and oxygen atoms in total. The van der Waals surface area contributed by atoms with E-state index in [1.807, 2.05) is 66.7 Å². The highest BCUT2D eigenvalue weighted by Crippen LogP contribution is 2.23. The Morgan fingerprint density at radius 2 is 1.64 bits per heavy atom. The van der Waals surface area contributed by atoms with Crippen LogP contribution in [0.25, 0.3) is 21.3 Å². The summed E-state index contributed by atoms with van der Waals surface area (Å²) in [6.07, 6.45) is -0.586. The van der Waals surface area contributed by atoms with E-state index in [0.717, 1.165) is 26.4 Å². The fraction of sp³-hybridized carbons (Fsp3) is 0.130. The van der Waals surface area contributed by atoms with Gasteiger partial charge in [0.05, 0.1) is 16.8 Å². The van der Waals surface area contributed by atoms with Crippen LogP contribution in [0.15, 0.2) is 78.9 Å². The van der Waals surface area contributed by atoms with Gasteiger partial charge < -0.3 is 10.1 Å². The van der Waals surface area contributed by atoms with Gasteiger partial charge in [-0.1, -0.05) is 54.6 Å². The molecule has 0 saturated heterocycles. The number of carbonyl (C=O) groups is 1. The Morgan fingerprint density at radius 1 is 0.964 bits per heavy atom. The third kappa shape index (κ3) is 4.21. The molecule has 1 amide bonds. The van der Waals surface area contributed by atoms with E-state index in [9.17, 15) is 4.79 Å². The highest BCUT2D eigenvalue weighted by Gasteiger charge is 2.15. The van der Waals surface area contributed by atoms with Crippen molar-refractivity contribution in [3.8, 4) is 16.9 Å². The standard InChI is InChI=1S/C23H20N2O2S/c1-16(23(26)24-15-22-25-20-9-5-6-10-21(20)28-22)27-19-13-11-18(12-14-19)17-7-3-2-4-8-17/h2-14,16H,15H2,1H3,(H,24,26). The molecule has 1 N–H and O–H groups in total. The first-order valence-corrected chi connectivity index (χ1v) is 9.95. The lowest BCUT2D eigenvalue weighted by Gasteiger charge is -2.14. The maximum atomic E-state index is 12.4. The van der Waals surface area contributed by atoms with Crippen LogP contribution >= 0.6 is 11.3 Å². The first kappa shape index (κ1) is 18.2. The van der Waals surface area contributed by atoms with Crippen LogP contribution in [0.3, 0.4) is 0 Å². The molecule has 0 radical (unpaired) electrons. The van der Waals surface area contributed by atoms with E-state index in [4.69, 9.17) is 4.74 Å². The summed E-state index contributed by atoms with van der Waals surface area (Å²) in [4.78, 5) is 16.9. The van der Waals surface area contributed by atoms with Crippen LogP contribution in [0.4, 0.5) is 0 Å². The number of thiazole rings is 1. The van der Waals surface area contributed by atoms with Gasteiger partial charge in [-0.3, -0.25) is 4.79 Å². The van der Waals surface area contributed by atoms with E-state index in [0.29, 0.717) is 12.3 Å². The average Bonchev–Trinajstić information content (AvgIpc) is 3.16. The first-order valence-electron chi connectivity index (χ1n) is 9.13. The molecule has 140 valence electrons. The third-order valence-electron chi connectivity index (χ3n) is 4.40. The summed E-state index contributed by atoms with van der Waals surface area (Å²) in [5.74, 6) is 0.508. The quantitative estimate of drug-likeness (QED) is 0.503. The molecule has 0 fully saturated rings. The van der Waals surface area contributed by atoms with Crippen LogP contribution in [0.5, 0.6) is 5.75 Å². The van der Waals surface area contributed by atoms with Crippen molar-refractivity contribution in [1.29, 1.82) is 0 Å². The van der Waals surface area contributed by atoms with Gasteiger partial charge in [-0.05, 0) is 42.3 Å². The van der Waals surface area contributed by atoms with Gasteiger partial charge in [0.15, 0.2) is 6.10 Å². The summed E-state index contributed by atoms with van der Waals surface area (Å²) < 4.78 is 6.91. The van der Waals surface area contributed by atoms with Gasteiger partial charge in [-0.2, -0.15) is 0 Å². The number of benzene rings is 3. The molecule has 28 heavy (non-hydrogen) atoms. The van der Waals surface area contributed by atoms with Crippen LogP contribution in [-0.4, -0.2) is 17.0 Å². The summed E-state index contributed by atoms with van der Waals surface area (Å²) in [6.45, 7) is 2.15. The number of carbonyl (C=O) groups excluding carboxylic acids is 1. The van der Waals surface area contributed by atoms with Crippen molar-refractivity contribution in [3.63, 3.8) is 0 Å². The molecule has 0 aliphatic rings. The van der Waals surface area contributed by atoms with Crippen LogP contribution in [-0.2, 0) is 11.3 Å². The van der Waals surface area contributed by atoms with Crippen molar-refractivity contribution in [1.82, 2.24) is 10.3 Å². The Kier molecular flexibility index (Phi) is 5.35. The van der Waals surface area contributed by atoms with Crippen molar-refractivity contribution in [2.24, 2.45) is 0 Å². The molecule has 1 aromatic heterocycles. The second kappa shape index (κ2) is 8.23. The summed E-state index contributed by atoms with van der Waals surface area (Å²) in [5.41, 5.74) is 3.22. The molecule has 1 atom stereocenters. The number of nitrogens with zero attached hydrogens (tertiary/aromatic N) is 1. The van der Waals surface area contributed by atoms with Crippen LogP contribution < -0.4 is 10.1 Å². The molecule has 1 heterocycles. The predicted molar refractivity (Wildman–Crippen MR) is 113 cm³/mol. The highest BCUT2D eigenvalue weighted by molar-refractivity contribution is 7.18. The first-order chi connectivity index (χ1) is 13.7. The van der Waals surface area contributed by atoms with Crippen molar-refractivity contribution >= 4 is 27.5 Å². The molecule has 0 saturated carbocycles. The van der Waals surface area contributed by atoms with Gasteiger partial charge in [0.1, 0.15) is 10.8 Å². The monoisotopic (exact) mass is 388 g/mol. The smallest absolute Gasteiger partial charge is 0.261 e. The minimum absolute atomic E-state index is 0.161. The number of hydrogen-bond acceptors (Lipinski definition) is 4. The zero-order valence-electron chi connectivity index (χ0n) is 15.5. The van der Waals surface area contributed by atoms with Crippen LogP contribution in [0.1, 0.15) is 11.9 Å².